The molecule has 1 saturated heterocycles. The van der Waals surface area contributed by atoms with Gasteiger partial charge in [0.25, 0.3) is 0 Å². The Morgan fingerprint density at radius 1 is 1.33 bits per heavy atom. The van der Waals surface area contributed by atoms with Gasteiger partial charge in [-0.15, -0.1) is 0 Å². The largest absolute Gasteiger partial charge is 0.368 e. The Morgan fingerprint density at radius 2 is 2.20 bits per heavy atom. The molecule has 3 rings (SSSR count). The predicted molar refractivity (Wildman–Crippen MR) is 68.9 cm³/mol. The predicted octanol–water partition coefficient (Wildman–Crippen LogP) is 3.56. The van der Waals surface area contributed by atoms with Gasteiger partial charge in [0.1, 0.15) is 0 Å². The molecule has 0 spiro atoms. The van der Waals surface area contributed by atoms with Gasteiger partial charge in [-0.1, -0.05) is 15.9 Å². The topological polar surface area (TPSA) is 15.3 Å². The molecule has 0 aromatic heterocycles. The number of rotatable bonds is 0. The lowest BCUT2D eigenvalue weighted by Crippen LogP contribution is -2.39. The second-order valence-corrected chi connectivity index (χ2v) is 5.96. The first-order valence-corrected chi connectivity index (χ1v) is 6.81. The third-order valence-corrected chi connectivity index (χ3v) is 4.27. The van der Waals surface area contributed by atoms with E-state index in [4.69, 9.17) is 0 Å². The zero-order valence-corrected chi connectivity index (χ0v) is 11.4. The second-order valence-electron chi connectivity index (χ2n) is 4.19. The van der Waals surface area contributed by atoms with E-state index in [2.05, 4.69) is 54.2 Å². The Balaban J connectivity index is 2.03. The number of nitrogens with zero attached hydrogens (tertiary/aromatic N) is 1. The van der Waals surface area contributed by atoms with E-state index in [9.17, 15) is 0 Å². The first-order chi connectivity index (χ1) is 7.24. The summed E-state index contributed by atoms with van der Waals surface area (Å²) in [7, 11) is 0. The van der Waals surface area contributed by atoms with Crippen LogP contribution in [0.1, 0.15) is 18.4 Å². The fourth-order valence-electron chi connectivity index (χ4n) is 2.48. The van der Waals surface area contributed by atoms with Crippen LogP contribution in [-0.2, 0) is 6.54 Å². The molecule has 15 heavy (non-hydrogen) atoms. The Hall–Kier alpha value is -0.0600. The number of halogens is 2. The molecule has 0 bridgehead atoms. The smallest absolute Gasteiger partial charge is 0.0797 e. The number of fused-ring (bicyclic) bond motifs is 2. The lowest BCUT2D eigenvalue weighted by molar-refractivity contribution is 0.256. The van der Waals surface area contributed by atoms with Gasteiger partial charge < -0.3 is 5.32 Å². The second kappa shape index (κ2) is 3.75. The molecule has 2 aliphatic rings. The average Bonchev–Trinajstić information content (AvgIpc) is 2.61. The van der Waals surface area contributed by atoms with Crippen LogP contribution in [-0.4, -0.2) is 17.6 Å². The van der Waals surface area contributed by atoms with E-state index in [1.54, 1.807) is 0 Å². The highest BCUT2D eigenvalue weighted by Gasteiger charge is 2.30. The lowest BCUT2D eigenvalue weighted by Gasteiger charge is -2.33. The van der Waals surface area contributed by atoms with Gasteiger partial charge in [-0.25, -0.2) is 0 Å². The molecule has 1 aromatic rings. The Morgan fingerprint density at radius 3 is 3.07 bits per heavy atom. The van der Waals surface area contributed by atoms with Crippen molar-refractivity contribution in [1.29, 1.82) is 0 Å². The number of hydrogen-bond donors (Lipinski definition) is 1. The molecule has 2 heterocycles. The van der Waals surface area contributed by atoms with Gasteiger partial charge in [-0.3, -0.25) is 4.90 Å². The number of anilines is 1. The molecule has 1 atom stereocenters. The molecule has 0 unspecified atom stereocenters. The van der Waals surface area contributed by atoms with E-state index in [1.165, 1.54) is 35.1 Å². The summed E-state index contributed by atoms with van der Waals surface area (Å²) in [6, 6.07) is 4.32. The minimum atomic E-state index is 0.551. The van der Waals surface area contributed by atoms with Crippen molar-refractivity contribution in [2.75, 3.05) is 11.9 Å². The van der Waals surface area contributed by atoms with E-state index in [-0.39, 0.29) is 0 Å². The highest BCUT2D eigenvalue weighted by Crippen LogP contribution is 2.37. The molecule has 4 heteroatoms. The summed E-state index contributed by atoms with van der Waals surface area (Å²) < 4.78 is 2.31. The summed E-state index contributed by atoms with van der Waals surface area (Å²) in [6.45, 7) is 2.30. The quantitative estimate of drug-likeness (QED) is 0.782. The van der Waals surface area contributed by atoms with Gasteiger partial charge in [-0.05, 0) is 46.5 Å². The van der Waals surface area contributed by atoms with Crippen LogP contribution in [0.5, 0.6) is 0 Å². The summed E-state index contributed by atoms with van der Waals surface area (Å²) in [5.74, 6) is 0. The summed E-state index contributed by atoms with van der Waals surface area (Å²) in [4.78, 5) is 2.52. The van der Waals surface area contributed by atoms with Crippen molar-refractivity contribution in [3.63, 3.8) is 0 Å². The van der Waals surface area contributed by atoms with Gasteiger partial charge in [0.2, 0.25) is 0 Å². The highest BCUT2D eigenvalue weighted by atomic mass is 79.9. The van der Waals surface area contributed by atoms with Crippen molar-refractivity contribution in [3.8, 4) is 0 Å². The van der Waals surface area contributed by atoms with Crippen molar-refractivity contribution in [2.45, 2.75) is 25.6 Å². The molecule has 0 saturated carbocycles. The van der Waals surface area contributed by atoms with Crippen LogP contribution < -0.4 is 5.32 Å². The normalized spacial score (nSPS) is 24.5. The average molecular weight is 332 g/mol. The van der Waals surface area contributed by atoms with Crippen LogP contribution in [0.15, 0.2) is 21.1 Å². The van der Waals surface area contributed by atoms with Gasteiger partial charge in [0, 0.05) is 22.0 Å². The Labute approximate surface area is 106 Å². The van der Waals surface area contributed by atoms with Gasteiger partial charge >= 0.3 is 0 Å². The number of hydrogen-bond acceptors (Lipinski definition) is 2. The van der Waals surface area contributed by atoms with Crippen molar-refractivity contribution in [1.82, 2.24) is 4.90 Å². The monoisotopic (exact) mass is 330 g/mol. The SMILES string of the molecule is Brc1cc(Br)c2c(c1)CN1CCC[C@@H]1N2. The number of nitrogens with one attached hydrogen (secondary N) is 1. The Bertz CT molecular complexity index is 406. The molecule has 0 radical (unpaired) electrons. The van der Waals surface area contributed by atoms with Crippen LogP contribution >= 0.6 is 31.9 Å². The van der Waals surface area contributed by atoms with E-state index in [1.807, 2.05) is 0 Å². The van der Waals surface area contributed by atoms with Crippen LogP contribution in [0.25, 0.3) is 0 Å². The zero-order valence-electron chi connectivity index (χ0n) is 8.26. The molecule has 1 fully saturated rings. The van der Waals surface area contributed by atoms with Crippen molar-refractivity contribution in [3.05, 3.63) is 26.6 Å². The van der Waals surface area contributed by atoms with Crippen molar-refractivity contribution in [2.24, 2.45) is 0 Å². The van der Waals surface area contributed by atoms with Crippen molar-refractivity contribution < 1.29 is 0 Å². The maximum Gasteiger partial charge on any atom is 0.0797 e. The summed E-state index contributed by atoms with van der Waals surface area (Å²) in [5.41, 5.74) is 2.66. The van der Waals surface area contributed by atoms with Gasteiger partial charge in [-0.2, -0.15) is 0 Å². The molecule has 0 aliphatic carbocycles. The molecule has 2 nitrogen and oxygen atoms in total. The molecular formula is C11H12Br2N2. The van der Waals surface area contributed by atoms with E-state index < -0.39 is 0 Å². The van der Waals surface area contributed by atoms with Crippen LogP contribution in [0, 0.1) is 0 Å². The fraction of sp³-hybridized carbons (Fsp3) is 0.455. The third-order valence-electron chi connectivity index (χ3n) is 3.18. The van der Waals surface area contributed by atoms with Crippen molar-refractivity contribution >= 4 is 37.5 Å². The molecular weight excluding hydrogens is 320 g/mol. The van der Waals surface area contributed by atoms with E-state index in [0.29, 0.717) is 6.17 Å². The van der Waals surface area contributed by atoms with Crippen LogP contribution in [0.3, 0.4) is 0 Å². The molecule has 0 amide bonds. The van der Waals surface area contributed by atoms with Crippen LogP contribution in [0.4, 0.5) is 5.69 Å². The minimum Gasteiger partial charge on any atom is -0.368 e. The van der Waals surface area contributed by atoms with Gasteiger partial charge in [0.05, 0.1) is 11.9 Å². The maximum atomic E-state index is 3.62. The van der Waals surface area contributed by atoms with E-state index in [0.717, 1.165) is 11.0 Å². The highest BCUT2D eigenvalue weighted by molar-refractivity contribution is 9.11. The number of benzene rings is 1. The maximum absolute atomic E-state index is 3.62. The minimum absolute atomic E-state index is 0.551. The molecule has 1 N–H and O–H groups in total. The first-order valence-electron chi connectivity index (χ1n) is 5.22. The summed E-state index contributed by atoms with van der Waals surface area (Å²) in [5, 5.41) is 3.61. The van der Waals surface area contributed by atoms with Crippen LogP contribution in [0.2, 0.25) is 0 Å². The Kier molecular flexibility index (Phi) is 2.53. The standard InChI is InChI=1S/C11H12Br2N2/c12-8-4-7-6-15-3-1-2-10(15)14-11(7)9(13)5-8/h4-5,10,14H,1-3,6H2/t10-/m1/s1. The molecule has 2 aliphatic heterocycles. The third kappa shape index (κ3) is 1.73. The zero-order chi connectivity index (χ0) is 10.4. The lowest BCUT2D eigenvalue weighted by atomic mass is 10.1. The van der Waals surface area contributed by atoms with Gasteiger partial charge in [0.15, 0.2) is 0 Å². The fourth-order valence-corrected chi connectivity index (χ4v) is 3.91. The molecule has 80 valence electrons. The first kappa shape index (κ1) is 10.1. The summed E-state index contributed by atoms with van der Waals surface area (Å²) >= 11 is 7.16. The van der Waals surface area contributed by atoms with E-state index >= 15 is 0 Å². The summed E-state index contributed by atoms with van der Waals surface area (Å²) in [6.07, 6.45) is 3.13. The molecule has 1 aromatic carbocycles.